The highest BCUT2D eigenvalue weighted by Crippen LogP contribution is 2.26. The molecule has 0 aromatic heterocycles. The molecule has 1 N–H and O–H groups in total. The summed E-state index contributed by atoms with van der Waals surface area (Å²) in [7, 11) is 0.500. The summed E-state index contributed by atoms with van der Waals surface area (Å²) in [5.74, 6) is 0.243. The van der Waals surface area contributed by atoms with Gasteiger partial charge in [0.05, 0.1) is 6.26 Å². The van der Waals surface area contributed by atoms with Crippen LogP contribution < -0.4 is 10.2 Å². The van der Waals surface area contributed by atoms with Crippen molar-refractivity contribution in [2.24, 2.45) is 5.92 Å². The molecule has 148 valence electrons. The van der Waals surface area contributed by atoms with E-state index < -0.39 is 10.0 Å². The fraction of sp³-hybridized carbons (Fsp3) is 0.632. The number of nitrogens with one attached hydrogen (secondary N) is 1. The van der Waals surface area contributed by atoms with E-state index >= 15 is 0 Å². The van der Waals surface area contributed by atoms with Gasteiger partial charge in [-0.25, -0.2) is 8.42 Å². The Balaban J connectivity index is 3.20. The smallest absolute Gasteiger partial charge is 0.224 e. The van der Waals surface area contributed by atoms with Gasteiger partial charge < -0.3 is 10.2 Å². The summed E-state index contributed by atoms with van der Waals surface area (Å²) in [6.07, 6.45) is 2.42. The van der Waals surface area contributed by atoms with Gasteiger partial charge in [0.1, 0.15) is 0 Å². The molecule has 0 aliphatic rings. The van der Waals surface area contributed by atoms with Gasteiger partial charge in [0.25, 0.3) is 0 Å². The standard InChI is InChI=1S/C19H33N3O3S/c1-8-15(4)22(26(7,24)25)13-16-12-17(9-10-18(16)21(5)6)20-19(23)11-14(2)3/h9-10,12,14-15H,8,11,13H2,1-7H3,(H,20,23). The fourth-order valence-electron chi connectivity index (χ4n) is 2.78. The summed E-state index contributed by atoms with van der Waals surface area (Å²) in [6.45, 7) is 8.14. The second kappa shape index (κ2) is 9.37. The van der Waals surface area contributed by atoms with Crippen molar-refractivity contribution in [1.29, 1.82) is 0 Å². The zero-order chi connectivity index (χ0) is 20.1. The third-order valence-corrected chi connectivity index (χ3v) is 5.61. The lowest BCUT2D eigenvalue weighted by atomic mass is 10.1. The Labute approximate surface area is 158 Å². The molecule has 1 unspecified atom stereocenters. The molecule has 6 nitrogen and oxygen atoms in total. The highest BCUT2D eigenvalue weighted by Gasteiger charge is 2.24. The van der Waals surface area contributed by atoms with Crippen LogP contribution in [0.25, 0.3) is 0 Å². The van der Waals surface area contributed by atoms with Crippen LogP contribution in [-0.4, -0.2) is 45.0 Å². The van der Waals surface area contributed by atoms with E-state index in [9.17, 15) is 13.2 Å². The maximum atomic E-state index is 12.2. The molecule has 26 heavy (non-hydrogen) atoms. The first-order chi connectivity index (χ1) is 12.0. The zero-order valence-electron chi connectivity index (χ0n) is 17.0. The number of carbonyl (C=O) groups excluding carboxylic acids is 1. The van der Waals surface area contributed by atoms with Crippen molar-refractivity contribution in [2.45, 2.75) is 53.1 Å². The first-order valence-electron chi connectivity index (χ1n) is 9.02. The van der Waals surface area contributed by atoms with Crippen LogP contribution in [0.5, 0.6) is 0 Å². The molecule has 0 fully saturated rings. The van der Waals surface area contributed by atoms with E-state index in [1.807, 2.05) is 64.9 Å². The number of anilines is 2. The van der Waals surface area contributed by atoms with Crippen LogP contribution >= 0.6 is 0 Å². The number of hydrogen-bond acceptors (Lipinski definition) is 4. The van der Waals surface area contributed by atoms with Crippen molar-refractivity contribution < 1.29 is 13.2 Å². The lowest BCUT2D eigenvalue weighted by molar-refractivity contribution is -0.116. The lowest BCUT2D eigenvalue weighted by Gasteiger charge is -2.28. The van der Waals surface area contributed by atoms with Crippen molar-refractivity contribution in [1.82, 2.24) is 4.31 Å². The largest absolute Gasteiger partial charge is 0.377 e. The normalized spacial score (nSPS) is 13.1. The van der Waals surface area contributed by atoms with Gasteiger partial charge in [-0.05, 0) is 43.0 Å². The predicted octanol–water partition coefficient (Wildman–Crippen LogP) is 3.30. The van der Waals surface area contributed by atoms with Crippen LogP contribution in [0.3, 0.4) is 0 Å². The van der Waals surface area contributed by atoms with Gasteiger partial charge in [0.2, 0.25) is 15.9 Å². The molecule has 7 heteroatoms. The Bertz CT molecular complexity index is 715. The van der Waals surface area contributed by atoms with Gasteiger partial charge in [-0.1, -0.05) is 20.8 Å². The van der Waals surface area contributed by atoms with Crippen LogP contribution in [0.1, 0.15) is 46.1 Å². The van der Waals surface area contributed by atoms with E-state index in [1.165, 1.54) is 10.6 Å². The minimum atomic E-state index is -3.34. The molecule has 0 bridgehead atoms. The maximum absolute atomic E-state index is 12.2. The van der Waals surface area contributed by atoms with E-state index in [0.717, 1.165) is 17.7 Å². The summed E-state index contributed by atoms with van der Waals surface area (Å²) in [5.41, 5.74) is 2.49. The molecule has 0 saturated heterocycles. The molecule has 1 aromatic carbocycles. The molecule has 0 saturated carbocycles. The zero-order valence-corrected chi connectivity index (χ0v) is 17.9. The first kappa shape index (κ1) is 22.4. The molecule has 1 rings (SSSR count). The van der Waals surface area contributed by atoms with Gasteiger partial charge in [0, 0.05) is 44.5 Å². The highest BCUT2D eigenvalue weighted by molar-refractivity contribution is 7.88. The number of nitrogens with zero attached hydrogens (tertiary/aromatic N) is 2. The van der Waals surface area contributed by atoms with Crippen molar-refractivity contribution in [3.05, 3.63) is 23.8 Å². The minimum absolute atomic E-state index is 0.0366. The van der Waals surface area contributed by atoms with Gasteiger partial charge in [0.15, 0.2) is 0 Å². The van der Waals surface area contributed by atoms with Crippen molar-refractivity contribution >= 4 is 27.3 Å². The van der Waals surface area contributed by atoms with E-state index in [1.54, 1.807) is 0 Å². The number of carbonyl (C=O) groups is 1. The molecule has 0 radical (unpaired) electrons. The number of sulfonamides is 1. The number of amides is 1. The molecule has 1 atom stereocenters. The Hall–Kier alpha value is -1.60. The Morgan fingerprint density at radius 3 is 2.27 bits per heavy atom. The van der Waals surface area contributed by atoms with Crippen LogP contribution in [0.15, 0.2) is 18.2 Å². The quantitative estimate of drug-likeness (QED) is 0.710. The highest BCUT2D eigenvalue weighted by atomic mass is 32.2. The number of hydrogen-bond donors (Lipinski definition) is 1. The molecule has 1 amide bonds. The van der Waals surface area contributed by atoms with E-state index in [0.29, 0.717) is 12.1 Å². The lowest BCUT2D eigenvalue weighted by Crippen LogP contribution is -2.37. The van der Waals surface area contributed by atoms with Gasteiger partial charge in [-0.2, -0.15) is 4.31 Å². The summed E-state index contributed by atoms with van der Waals surface area (Å²) in [6, 6.07) is 5.54. The predicted molar refractivity (Wildman–Crippen MR) is 109 cm³/mol. The molecule has 1 aromatic rings. The van der Waals surface area contributed by atoms with Crippen LogP contribution in [0.4, 0.5) is 11.4 Å². The monoisotopic (exact) mass is 383 g/mol. The van der Waals surface area contributed by atoms with Gasteiger partial charge >= 0.3 is 0 Å². The second-order valence-electron chi connectivity index (χ2n) is 7.45. The number of rotatable bonds is 9. The summed E-state index contributed by atoms with van der Waals surface area (Å²) in [4.78, 5) is 14.0. The van der Waals surface area contributed by atoms with Gasteiger partial charge in [-0.15, -0.1) is 0 Å². The summed E-state index contributed by atoms with van der Waals surface area (Å²) < 4.78 is 26.0. The first-order valence-corrected chi connectivity index (χ1v) is 10.9. The van der Waals surface area contributed by atoms with E-state index in [2.05, 4.69) is 5.32 Å². The average Bonchev–Trinajstić information content (AvgIpc) is 2.49. The summed E-state index contributed by atoms with van der Waals surface area (Å²) in [5, 5.41) is 2.91. The van der Waals surface area contributed by atoms with Crippen molar-refractivity contribution in [3.63, 3.8) is 0 Å². The van der Waals surface area contributed by atoms with Crippen LogP contribution in [0.2, 0.25) is 0 Å². The summed E-state index contributed by atoms with van der Waals surface area (Å²) >= 11 is 0. The third-order valence-electron chi connectivity index (χ3n) is 4.27. The average molecular weight is 384 g/mol. The molecule has 0 heterocycles. The molecular weight excluding hydrogens is 350 g/mol. The Kier molecular flexibility index (Phi) is 8.09. The fourth-order valence-corrected chi connectivity index (χ4v) is 3.96. The van der Waals surface area contributed by atoms with Crippen LogP contribution in [-0.2, 0) is 21.4 Å². The molecular formula is C19H33N3O3S. The van der Waals surface area contributed by atoms with E-state index in [4.69, 9.17) is 0 Å². The van der Waals surface area contributed by atoms with E-state index in [-0.39, 0.29) is 24.4 Å². The minimum Gasteiger partial charge on any atom is -0.377 e. The molecule has 0 aliphatic heterocycles. The Morgan fingerprint density at radius 1 is 1.19 bits per heavy atom. The second-order valence-corrected chi connectivity index (χ2v) is 9.38. The topological polar surface area (TPSA) is 69.7 Å². The maximum Gasteiger partial charge on any atom is 0.224 e. The van der Waals surface area contributed by atoms with Crippen molar-refractivity contribution in [3.8, 4) is 0 Å². The van der Waals surface area contributed by atoms with Gasteiger partial charge in [-0.3, -0.25) is 4.79 Å². The van der Waals surface area contributed by atoms with Crippen LogP contribution in [0, 0.1) is 5.92 Å². The number of benzene rings is 1. The SMILES string of the molecule is CCC(C)N(Cc1cc(NC(=O)CC(C)C)ccc1N(C)C)S(C)(=O)=O. The Morgan fingerprint density at radius 2 is 1.81 bits per heavy atom. The molecule has 0 spiro atoms. The third kappa shape index (κ3) is 6.61. The molecule has 0 aliphatic carbocycles. The van der Waals surface area contributed by atoms with Crippen molar-refractivity contribution in [2.75, 3.05) is 30.6 Å².